The second-order valence-electron chi connectivity index (χ2n) is 16.3. The van der Waals surface area contributed by atoms with Gasteiger partial charge in [-0.2, -0.15) is 0 Å². The van der Waals surface area contributed by atoms with Crippen LogP contribution in [0.5, 0.6) is 0 Å². The first-order valence-electron chi connectivity index (χ1n) is 20.5. The van der Waals surface area contributed by atoms with Gasteiger partial charge in [0.2, 0.25) is 18.9 Å². The van der Waals surface area contributed by atoms with Crippen LogP contribution in [-0.2, 0) is 61.8 Å². The van der Waals surface area contributed by atoms with Crippen molar-refractivity contribution in [3.8, 4) is 0 Å². The molecule has 0 radical (unpaired) electrons. The maximum absolute atomic E-state index is 14.2. The van der Waals surface area contributed by atoms with E-state index in [1.807, 2.05) is 18.2 Å². The second kappa shape index (κ2) is 18.6. The largest absolute Gasteiger partial charge is 0.472 e. The number of aliphatic hydroxyl groups excluding tert-OH is 8. The summed E-state index contributed by atoms with van der Waals surface area (Å²) in [5, 5.41) is 84.5. The van der Waals surface area contributed by atoms with E-state index in [2.05, 4.69) is 0 Å². The highest BCUT2D eigenvalue weighted by molar-refractivity contribution is 5.90. The molecule has 18 atom stereocenters. The summed E-state index contributed by atoms with van der Waals surface area (Å²) < 4.78 is 57.8. The minimum absolute atomic E-state index is 0.117. The first kappa shape index (κ1) is 45.2. The van der Waals surface area contributed by atoms with Gasteiger partial charge in [0.15, 0.2) is 12.4 Å². The molecule has 21 heteroatoms. The highest BCUT2D eigenvalue weighted by atomic mass is 16.8. The Morgan fingerprint density at radius 3 is 2.25 bits per heavy atom. The van der Waals surface area contributed by atoms with Gasteiger partial charge in [0.1, 0.15) is 67.6 Å². The number of hydrogen-bond acceptors (Lipinski definition) is 21. The normalized spacial score (nSPS) is 41.4. The van der Waals surface area contributed by atoms with Gasteiger partial charge >= 0.3 is 17.9 Å². The quantitative estimate of drug-likeness (QED) is 0.0316. The van der Waals surface area contributed by atoms with E-state index in [9.17, 15) is 55.2 Å². The third-order valence-electron chi connectivity index (χ3n) is 12.5. The van der Waals surface area contributed by atoms with Gasteiger partial charge in [0.25, 0.3) is 0 Å². The molecule has 0 bridgehead atoms. The summed E-state index contributed by atoms with van der Waals surface area (Å²) in [6, 6.07) is 9.06. The fraction of sp³-hybridized carbons (Fsp3) is 0.595. The summed E-state index contributed by atoms with van der Waals surface area (Å²) in [6.45, 7) is -0.849. The molecule has 2 aliphatic carbocycles. The van der Waals surface area contributed by atoms with Crippen molar-refractivity contribution in [3.05, 3.63) is 77.3 Å². The standard InChI is InChI=1S/C42H50O21/c1-18(45)55-15-20-8-9-21-23(16-56-38(27(20)21)61-40-34(52)32(50)30(48)24(13-43)58-40)37(53)60-35-33(51)31(49)25(14-44)59-41(35)62-39-28-22(11-12-54-39)29(47)36-42(28,63-36)17-57-26(46)10-7-19-5-3-2-4-6-19/h2-7,10-12,16,21-22,24-25,28-36,38-41,43-44,47-52H,8-9,13-15,17H2,1H3/b10-7+/t21?,22?,24-,25-,28?,29+,30-,31-,32+,33+,34-,35-,36+,38+,39?,40+,41+,42-/m1/s1. The number of ether oxygens (including phenoxy) is 10. The molecule has 21 nitrogen and oxygen atoms in total. The molecule has 4 unspecified atom stereocenters. The molecular weight excluding hydrogens is 840 g/mol. The van der Waals surface area contributed by atoms with Crippen LogP contribution in [0.3, 0.4) is 0 Å². The fourth-order valence-corrected chi connectivity index (χ4v) is 9.17. The minimum Gasteiger partial charge on any atom is -0.472 e. The molecular formula is C42H50O21. The van der Waals surface area contributed by atoms with Crippen molar-refractivity contribution in [2.75, 3.05) is 26.4 Å². The number of fused-ring (bicyclic) bond motifs is 4. The number of aliphatic hydroxyl groups is 8. The van der Waals surface area contributed by atoms with Crippen molar-refractivity contribution in [2.45, 2.75) is 112 Å². The Balaban J connectivity index is 1.01. The minimum atomic E-state index is -1.91. The average Bonchev–Trinajstić information content (AvgIpc) is 3.77. The smallest absolute Gasteiger partial charge is 0.338 e. The van der Waals surface area contributed by atoms with Gasteiger partial charge in [-0.3, -0.25) is 4.79 Å². The third-order valence-corrected chi connectivity index (χ3v) is 12.5. The number of epoxide rings is 1. The molecule has 8 N–H and O–H groups in total. The topological polar surface area (TPSA) is 309 Å². The van der Waals surface area contributed by atoms with Gasteiger partial charge in [-0.1, -0.05) is 30.3 Å². The van der Waals surface area contributed by atoms with E-state index in [0.717, 1.165) is 11.8 Å². The van der Waals surface area contributed by atoms with E-state index in [4.69, 9.17) is 47.4 Å². The molecule has 0 aromatic heterocycles. The number of hydrogen-bond donors (Lipinski definition) is 8. The molecule has 1 aromatic carbocycles. The predicted octanol–water partition coefficient (Wildman–Crippen LogP) is -2.45. The molecule has 7 aliphatic rings. The average molecular weight is 891 g/mol. The van der Waals surface area contributed by atoms with Gasteiger partial charge < -0.3 is 88.2 Å². The number of rotatable bonds is 14. The fourth-order valence-electron chi connectivity index (χ4n) is 9.17. The van der Waals surface area contributed by atoms with Crippen LogP contribution in [0.2, 0.25) is 0 Å². The van der Waals surface area contributed by atoms with Gasteiger partial charge in [-0.05, 0) is 36.1 Å². The molecule has 0 spiro atoms. The summed E-state index contributed by atoms with van der Waals surface area (Å²) in [7, 11) is 0. The summed E-state index contributed by atoms with van der Waals surface area (Å²) in [5.41, 5.74) is 0.133. The first-order chi connectivity index (χ1) is 30.3. The monoisotopic (exact) mass is 890 g/mol. The van der Waals surface area contributed by atoms with Gasteiger partial charge in [0, 0.05) is 30.4 Å². The van der Waals surface area contributed by atoms with Crippen molar-refractivity contribution >= 4 is 24.0 Å². The van der Waals surface area contributed by atoms with Crippen molar-refractivity contribution in [2.24, 2.45) is 17.8 Å². The Morgan fingerprint density at radius 1 is 0.825 bits per heavy atom. The lowest BCUT2D eigenvalue weighted by molar-refractivity contribution is -0.345. The van der Waals surface area contributed by atoms with Crippen LogP contribution in [0.1, 0.15) is 25.3 Å². The van der Waals surface area contributed by atoms with Crippen LogP contribution < -0.4 is 0 Å². The molecule has 1 aromatic rings. The number of benzene rings is 1. The zero-order valence-electron chi connectivity index (χ0n) is 33.7. The lowest BCUT2D eigenvalue weighted by Crippen LogP contribution is -2.62. The zero-order valence-corrected chi connectivity index (χ0v) is 33.7. The van der Waals surface area contributed by atoms with Crippen molar-refractivity contribution < 1.29 is 103 Å². The van der Waals surface area contributed by atoms with E-state index in [-0.39, 0.29) is 37.2 Å². The van der Waals surface area contributed by atoms with E-state index in [1.54, 1.807) is 24.3 Å². The second-order valence-corrected chi connectivity index (χ2v) is 16.3. The van der Waals surface area contributed by atoms with Crippen LogP contribution in [0.25, 0.3) is 6.08 Å². The van der Waals surface area contributed by atoms with Crippen LogP contribution >= 0.6 is 0 Å². The number of carbonyl (C=O) groups excluding carboxylic acids is 3. The molecule has 0 amide bonds. The maximum atomic E-state index is 14.2. The summed E-state index contributed by atoms with van der Waals surface area (Å²) >= 11 is 0. The molecule has 4 fully saturated rings. The van der Waals surface area contributed by atoms with Crippen molar-refractivity contribution in [3.63, 3.8) is 0 Å². The Kier molecular flexibility index (Phi) is 13.4. The van der Waals surface area contributed by atoms with Crippen LogP contribution in [0, 0.1) is 17.8 Å². The summed E-state index contributed by atoms with van der Waals surface area (Å²) in [4.78, 5) is 38.7. The molecule has 63 heavy (non-hydrogen) atoms. The Morgan fingerprint density at radius 2 is 1.54 bits per heavy atom. The molecule has 5 aliphatic heterocycles. The van der Waals surface area contributed by atoms with Gasteiger partial charge in [-0.15, -0.1) is 0 Å². The van der Waals surface area contributed by atoms with E-state index >= 15 is 0 Å². The SMILES string of the molecule is CC(=O)OCC1=C2C(CC1)C(C(=O)O[C@H]1[C@H](OC3OC=CC4C3[C@@]3(COC(=O)/C=C/c5ccccc5)O[C@H]3[C@H]4O)O[C@H](CO)[C@@H](O)[C@@H]1O)=CO[C@H]2O[C@@H]1O[C@H](CO)[C@@H](O)[C@H](O)[C@H]1O. The van der Waals surface area contributed by atoms with Gasteiger partial charge in [-0.25, -0.2) is 9.59 Å². The first-order valence-corrected chi connectivity index (χ1v) is 20.5. The molecule has 1 saturated carbocycles. The third kappa shape index (κ3) is 8.78. The highest BCUT2D eigenvalue weighted by Gasteiger charge is 2.76. The lowest BCUT2D eigenvalue weighted by atomic mass is 9.85. The molecule has 8 rings (SSSR count). The Bertz CT molecular complexity index is 1970. The molecule has 344 valence electrons. The Hall–Kier alpha value is -4.33. The van der Waals surface area contributed by atoms with Crippen LogP contribution in [0.15, 0.2) is 71.7 Å². The lowest BCUT2D eigenvalue weighted by Gasteiger charge is -2.44. The molecule has 5 heterocycles. The summed E-state index contributed by atoms with van der Waals surface area (Å²) in [5.74, 6) is -4.69. The van der Waals surface area contributed by atoms with E-state index < -0.39 is 141 Å². The number of esters is 3. The van der Waals surface area contributed by atoms with E-state index in [1.165, 1.54) is 19.3 Å². The maximum Gasteiger partial charge on any atom is 0.338 e. The van der Waals surface area contributed by atoms with Crippen molar-refractivity contribution in [1.82, 2.24) is 0 Å². The zero-order chi connectivity index (χ0) is 44.7. The highest BCUT2D eigenvalue weighted by Crippen LogP contribution is 2.60. The predicted molar refractivity (Wildman–Crippen MR) is 204 cm³/mol. The van der Waals surface area contributed by atoms with Crippen molar-refractivity contribution in [1.29, 1.82) is 0 Å². The Labute approximate surface area is 359 Å². The van der Waals surface area contributed by atoms with Crippen LogP contribution in [-0.4, -0.2) is 177 Å². The van der Waals surface area contributed by atoms with Crippen LogP contribution in [0.4, 0.5) is 0 Å². The van der Waals surface area contributed by atoms with Gasteiger partial charge in [0.05, 0.1) is 43.3 Å². The summed E-state index contributed by atoms with van der Waals surface area (Å²) in [6.07, 6.45) is -14.2. The van der Waals surface area contributed by atoms with E-state index in [0.29, 0.717) is 5.57 Å². The number of carbonyl (C=O) groups is 3. The molecule has 3 saturated heterocycles.